The zero-order valence-electron chi connectivity index (χ0n) is 13.6. The second-order valence-electron chi connectivity index (χ2n) is 5.78. The number of halogens is 1. The first-order chi connectivity index (χ1) is 10.6. The van der Waals surface area contributed by atoms with Crippen molar-refractivity contribution in [2.24, 2.45) is 5.73 Å². The number of carbonyl (C=O) groups is 2. The van der Waals surface area contributed by atoms with Crippen LogP contribution < -0.4 is 16.0 Å². The van der Waals surface area contributed by atoms with Gasteiger partial charge in [-0.2, -0.15) is 0 Å². The Labute approximate surface area is 144 Å². The molecule has 3 N–H and O–H groups in total. The largest absolute Gasteiger partial charge is 0.351 e. The molecule has 1 aliphatic rings. The van der Waals surface area contributed by atoms with E-state index in [1.54, 1.807) is 0 Å². The molecule has 0 saturated carbocycles. The molecule has 5 nitrogen and oxygen atoms in total. The van der Waals surface area contributed by atoms with Crippen LogP contribution in [0.25, 0.3) is 0 Å². The lowest BCUT2D eigenvalue weighted by Crippen LogP contribution is -2.40. The lowest BCUT2D eigenvalue weighted by molar-refractivity contribution is -0.122. The number of rotatable bonds is 6. The molecule has 0 bridgehead atoms. The van der Waals surface area contributed by atoms with Crippen molar-refractivity contribution in [1.29, 1.82) is 0 Å². The van der Waals surface area contributed by atoms with Crippen LogP contribution in [0, 0.1) is 0 Å². The van der Waals surface area contributed by atoms with E-state index in [0.717, 1.165) is 37.1 Å². The van der Waals surface area contributed by atoms with Gasteiger partial charge < -0.3 is 16.0 Å². The highest BCUT2D eigenvalue weighted by molar-refractivity contribution is 5.93. The molecule has 1 fully saturated rings. The Bertz CT molecular complexity index is 519. The summed E-state index contributed by atoms with van der Waals surface area (Å²) in [5.41, 5.74) is 7.71. The molecule has 2 rings (SSSR count). The molecule has 128 valence electrons. The number of hydrogen-bond donors (Lipinski definition) is 2. The average molecular weight is 340 g/mol. The summed E-state index contributed by atoms with van der Waals surface area (Å²) in [7, 11) is 0. The third kappa shape index (κ3) is 5.52. The van der Waals surface area contributed by atoms with E-state index in [1.807, 2.05) is 36.1 Å². The number of nitrogens with one attached hydrogen (secondary N) is 1. The van der Waals surface area contributed by atoms with Gasteiger partial charge in [0.2, 0.25) is 11.8 Å². The van der Waals surface area contributed by atoms with Crippen molar-refractivity contribution in [2.45, 2.75) is 51.6 Å². The molecule has 6 heteroatoms. The van der Waals surface area contributed by atoms with Crippen LogP contribution in [0.5, 0.6) is 0 Å². The van der Waals surface area contributed by atoms with Crippen LogP contribution in [-0.4, -0.2) is 24.4 Å². The smallest absolute Gasteiger partial charge is 0.237 e. The number of piperidine rings is 1. The Morgan fingerprint density at radius 3 is 2.61 bits per heavy atom. The van der Waals surface area contributed by atoms with Gasteiger partial charge >= 0.3 is 0 Å². The molecule has 1 saturated heterocycles. The summed E-state index contributed by atoms with van der Waals surface area (Å²) in [6.45, 7) is 3.26. The molecule has 2 amide bonds. The van der Waals surface area contributed by atoms with Gasteiger partial charge in [0, 0.05) is 25.2 Å². The highest BCUT2D eigenvalue weighted by Crippen LogP contribution is 2.21. The quantitative estimate of drug-likeness (QED) is 0.835. The van der Waals surface area contributed by atoms with Crippen LogP contribution in [0.2, 0.25) is 0 Å². The Balaban J connectivity index is 0.00000264. The fourth-order valence-corrected chi connectivity index (χ4v) is 2.64. The van der Waals surface area contributed by atoms with Crippen LogP contribution in [0.3, 0.4) is 0 Å². The molecular formula is C17H26ClN3O2. The lowest BCUT2D eigenvalue weighted by atomic mass is 10.1. The summed E-state index contributed by atoms with van der Waals surface area (Å²) in [6, 6.07) is 7.34. The fraction of sp³-hybridized carbons (Fsp3) is 0.529. The van der Waals surface area contributed by atoms with Gasteiger partial charge in [-0.25, -0.2) is 0 Å². The standard InChI is InChI=1S/C17H25N3O2.ClH/c1-2-5-15(18)17(22)19-12-13-7-9-14(10-8-13)20-11-4-3-6-16(20)21;/h7-10,15H,2-6,11-12,18H2,1H3,(H,19,22);1H. The zero-order valence-corrected chi connectivity index (χ0v) is 14.4. The third-order valence-corrected chi connectivity index (χ3v) is 3.97. The van der Waals surface area contributed by atoms with Gasteiger partial charge in [0.05, 0.1) is 6.04 Å². The average Bonchev–Trinajstić information content (AvgIpc) is 2.54. The molecule has 1 aromatic rings. The number of amides is 2. The molecular weight excluding hydrogens is 314 g/mol. The maximum Gasteiger partial charge on any atom is 0.237 e. The van der Waals surface area contributed by atoms with Crippen molar-refractivity contribution in [3.05, 3.63) is 29.8 Å². The molecule has 0 radical (unpaired) electrons. The van der Waals surface area contributed by atoms with Gasteiger partial charge in [-0.15, -0.1) is 12.4 Å². The van der Waals surface area contributed by atoms with Crippen LogP contribution in [0.4, 0.5) is 5.69 Å². The minimum Gasteiger partial charge on any atom is -0.351 e. The molecule has 1 unspecified atom stereocenters. The monoisotopic (exact) mass is 339 g/mol. The van der Waals surface area contributed by atoms with Crippen LogP contribution >= 0.6 is 12.4 Å². The Kier molecular flexibility index (Phi) is 8.06. The molecule has 0 spiro atoms. The Morgan fingerprint density at radius 2 is 2.00 bits per heavy atom. The van der Waals surface area contributed by atoms with Gasteiger partial charge in [-0.3, -0.25) is 9.59 Å². The number of nitrogens with zero attached hydrogens (tertiary/aromatic N) is 1. The highest BCUT2D eigenvalue weighted by atomic mass is 35.5. The summed E-state index contributed by atoms with van der Waals surface area (Å²) in [5.74, 6) is 0.0787. The SMILES string of the molecule is CCCC(N)C(=O)NCc1ccc(N2CCCCC2=O)cc1.Cl. The van der Waals surface area contributed by atoms with E-state index in [0.29, 0.717) is 19.4 Å². The van der Waals surface area contributed by atoms with Crippen molar-refractivity contribution in [3.63, 3.8) is 0 Å². The molecule has 1 aliphatic heterocycles. The number of anilines is 1. The zero-order chi connectivity index (χ0) is 15.9. The molecule has 23 heavy (non-hydrogen) atoms. The number of carbonyl (C=O) groups excluding carboxylic acids is 2. The first-order valence-corrected chi connectivity index (χ1v) is 8.04. The fourth-order valence-electron chi connectivity index (χ4n) is 2.64. The van der Waals surface area contributed by atoms with Crippen LogP contribution in [0.15, 0.2) is 24.3 Å². The summed E-state index contributed by atoms with van der Waals surface area (Å²) in [6.07, 6.45) is 4.26. The molecule has 1 heterocycles. The third-order valence-electron chi connectivity index (χ3n) is 3.97. The molecule has 0 aliphatic carbocycles. The minimum atomic E-state index is -0.435. The van der Waals surface area contributed by atoms with E-state index in [1.165, 1.54) is 0 Å². The van der Waals surface area contributed by atoms with Crippen molar-refractivity contribution >= 4 is 29.9 Å². The van der Waals surface area contributed by atoms with Crippen LogP contribution in [0.1, 0.15) is 44.6 Å². The van der Waals surface area contributed by atoms with Gasteiger partial charge in [-0.05, 0) is 37.0 Å². The number of hydrogen-bond acceptors (Lipinski definition) is 3. The second kappa shape index (κ2) is 9.53. The van der Waals surface area contributed by atoms with Gasteiger partial charge in [0.1, 0.15) is 0 Å². The summed E-state index contributed by atoms with van der Waals surface area (Å²) in [5, 5.41) is 2.85. The summed E-state index contributed by atoms with van der Waals surface area (Å²) >= 11 is 0. The van der Waals surface area contributed by atoms with E-state index in [-0.39, 0.29) is 24.2 Å². The second-order valence-corrected chi connectivity index (χ2v) is 5.78. The first-order valence-electron chi connectivity index (χ1n) is 8.04. The van der Waals surface area contributed by atoms with E-state index in [4.69, 9.17) is 5.73 Å². The topological polar surface area (TPSA) is 75.4 Å². The van der Waals surface area contributed by atoms with Gasteiger partial charge in [-0.1, -0.05) is 25.5 Å². The summed E-state index contributed by atoms with van der Waals surface area (Å²) < 4.78 is 0. The molecule has 1 aromatic carbocycles. The Hall–Kier alpha value is -1.59. The predicted molar refractivity (Wildman–Crippen MR) is 94.6 cm³/mol. The van der Waals surface area contributed by atoms with Crippen LogP contribution in [-0.2, 0) is 16.1 Å². The van der Waals surface area contributed by atoms with Crippen molar-refractivity contribution in [3.8, 4) is 0 Å². The number of nitrogens with two attached hydrogens (primary N) is 1. The Morgan fingerprint density at radius 1 is 1.30 bits per heavy atom. The lowest BCUT2D eigenvalue weighted by Gasteiger charge is -2.26. The predicted octanol–water partition coefficient (Wildman–Crippen LogP) is 2.37. The summed E-state index contributed by atoms with van der Waals surface area (Å²) in [4.78, 5) is 25.5. The van der Waals surface area contributed by atoms with E-state index >= 15 is 0 Å². The number of benzene rings is 1. The van der Waals surface area contributed by atoms with E-state index in [2.05, 4.69) is 5.32 Å². The maximum absolute atomic E-state index is 11.9. The normalized spacial score (nSPS) is 15.7. The van der Waals surface area contributed by atoms with E-state index < -0.39 is 6.04 Å². The van der Waals surface area contributed by atoms with Crippen molar-refractivity contribution in [2.75, 3.05) is 11.4 Å². The maximum atomic E-state index is 11.9. The van der Waals surface area contributed by atoms with Crippen molar-refractivity contribution < 1.29 is 9.59 Å². The molecule has 1 atom stereocenters. The van der Waals surface area contributed by atoms with Gasteiger partial charge in [0.15, 0.2) is 0 Å². The van der Waals surface area contributed by atoms with E-state index in [9.17, 15) is 9.59 Å². The van der Waals surface area contributed by atoms with Crippen molar-refractivity contribution in [1.82, 2.24) is 5.32 Å². The van der Waals surface area contributed by atoms with Gasteiger partial charge in [0.25, 0.3) is 0 Å². The molecule has 0 aromatic heterocycles. The highest BCUT2D eigenvalue weighted by Gasteiger charge is 2.19. The first kappa shape index (κ1) is 19.5. The minimum absolute atomic E-state index is 0.